The van der Waals surface area contributed by atoms with Crippen LogP contribution < -0.4 is 0 Å². The summed E-state index contributed by atoms with van der Waals surface area (Å²) in [6.07, 6.45) is 0. The lowest BCUT2D eigenvalue weighted by atomic mass is 10.1. The van der Waals surface area contributed by atoms with Gasteiger partial charge in [0.25, 0.3) is 5.69 Å². The van der Waals surface area contributed by atoms with Gasteiger partial charge in [-0.3, -0.25) is 10.1 Å². The van der Waals surface area contributed by atoms with E-state index in [2.05, 4.69) is 6.07 Å². The van der Waals surface area contributed by atoms with Gasteiger partial charge in [-0.1, -0.05) is 30.3 Å². The lowest BCUT2D eigenvalue weighted by Gasteiger charge is -2.00. The minimum atomic E-state index is -0.393. The first kappa shape index (κ1) is 9.40. The Balaban J connectivity index is 2.46. The maximum atomic E-state index is 10.6. The van der Waals surface area contributed by atoms with Crippen LogP contribution in [0.1, 0.15) is 0 Å². The summed E-state index contributed by atoms with van der Waals surface area (Å²) < 4.78 is 0. The van der Waals surface area contributed by atoms with Crippen molar-refractivity contribution in [1.82, 2.24) is 0 Å². The van der Waals surface area contributed by atoms with E-state index in [1.165, 1.54) is 6.07 Å². The number of nitro groups is 1. The van der Waals surface area contributed by atoms with Crippen LogP contribution >= 0.6 is 0 Å². The molecule has 0 aliphatic heterocycles. The highest BCUT2D eigenvalue weighted by molar-refractivity contribution is 5.65. The Labute approximate surface area is 87.1 Å². The van der Waals surface area contributed by atoms with Crippen molar-refractivity contribution in [3.8, 4) is 11.1 Å². The predicted molar refractivity (Wildman–Crippen MR) is 57.4 cm³/mol. The van der Waals surface area contributed by atoms with E-state index in [9.17, 15) is 10.1 Å². The van der Waals surface area contributed by atoms with Crippen LogP contribution in [0.3, 0.4) is 0 Å². The van der Waals surface area contributed by atoms with E-state index < -0.39 is 4.92 Å². The zero-order valence-corrected chi connectivity index (χ0v) is 7.88. The molecule has 0 aromatic heterocycles. The number of nitro benzene ring substituents is 1. The molecule has 0 fully saturated rings. The summed E-state index contributed by atoms with van der Waals surface area (Å²) in [7, 11) is 0. The first-order valence-electron chi connectivity index (χ1n) is 4.48. The van der Waals surface area contributed by atoms with Gasteiger partial charge in [0.05, 0.1) is 4.92 Å². The highest BCUT2D eigenvalue weighted by Gasteiger charge is 2.06. The summed E-state index contributed by atoms with van der Waals surface area (Å²) in [5.41, 5.74) is 1.87. The quantitative estimate of drug-likeness (QED) is 0.549. The highest BCUT2D eigenvalue weighted by Crippen LogP contribution is 2.22. The van der Waals surface area contributed by atoms with Crippen molar-refractivity contribution in [3.05, 3.63) is 64.7 Å². The molecule has 0 spiro atoms. The van der Waals surface area contributed by atoms with Crippen LogP contribution in [-0.2, 0) is 0 Å². The minimum absolute atomic E-state index is 0.108. The van der Waals surface area contributed by atoms with Gasteiger partial charge in [0.15, 0.2) is 0 Å². The van der Waals surface area contributed by atoms with Crippen LogP contribution in [0, 0.1) is 16.2 Å². The maximum absolute atomic E-state index is 10.6. The third-order valence-electron chi connectivity index (χ3n) is 2.10. The molecule has 3 nitrogen and oxygen atoms in total. The fourth-order valence-electron chi connectivity index (χ4n) is 1.37. The van der Waals surface area contributed by atoms with Crippen molar-refractivity contribution in [1.29, 1.82) is 0 Å². The van der Waals surface area contributed by atoms with Gasteiger partial charge in [-0.05, 0) is 23.3 Å². The molecule has 0 aliphatic carbocycles. The van der Waals surface area contributed by atoms with Gasteiger partial charge in [0.2, 0.25) is 0 Å². The normalized spacial score (nSPS) is 9.87. The van der Waals surface area contributed by atoms with Gasteiger partial charge < -0.3 is 0 Å². The van der Waals surface area contributed by atoms with Gasteiger partial charge in [-0.15, -0.1) is 0 Å². The Morgan fingerprint density at radius 1 is 1.13 bits per heavy atom. The molecule has 0 N–H and O–H groups in total. The molecule has 2 aromatic rings. The molecule has 73 valence electrons. The summed E-state index contributed by atoms with van der Waals surface area (Å²) >= 11 is 0. The molecule has 0 amide bonds. The first-order valence-corrected chi connectivity index (χ1v) is 4.48. The Hall–Kier alpha value is -2.16. The van der Waals surface area contributed by atoms with E-state index >= 15 is 0 Å². The Morgan fingerprint density at radius 3 is 2.60 bits per heavy atom. The van der Waals surface area contributed by atoms with Crippen LogP contribution in [0.2, 0.25) is 0 Å². The molecule has 0 aliphatic rings. The maximum Gasteiger partial charge on any atom is 0.270 e. The number of hydrogen-bond acceptors (Lipinski definition) is 2. The molecule has 2 rings (SSSR count). The average molecular weight is 198 g/mol. The van der Waals surface area contributed by atoms with Crippen LogP contribution in [-0.4, -0.2) is 4.92 Å². The zero-order valence-electron chi connectivity index (χ0n) is 7.88. The lowest BCUT2D eigenvalue weighted by Crippen LogP contribution is -1.87. The topological polar surface area (TPSA) is 43.1 Å². The second-order valence-corrected chi connectivity index (χ2v) is 3.10. The smallest absolute Gasteiger partial charge is 0.258 e. The average Bonchev–Trinajstić information content (AvgIpc) is 2.30. The molecule has 0 heterocycles. The van der Waals surface area contributed by atoms with E-state index in [0.29, 0.717) is 0 Å². The van der Waals surface area contributed by atoms with Crippen LogP contribution in [0.5, 0.6) is 0 Å². The lowest BCUT2D eigenvalue weighted by molar-refractivity contribution is -0.384. The van der Waals surface area contributed by atoms with Gasteiger partial charge in [0, 0.05) is 12.1 Å². The number of nitrogens with zero attached hydrogens (tertiary/aromatic N) is 1. The zero-order chi connectivity index (χ0) is 10.7. The molecule has 0 atom stereocenters. The van der Waals surface area contributed by atoms with Gasteiger partial charge in [-0.2, -0.15) is 0 Å². The molecule has 0 unspecified atom stereocenters. The Morgan fingerprint density at radius 2 is 1.93 bits per heavy atom. The van der Waals surface area contributed by atoms with E-state index in [0.717, 1.165) is 11.1 Å². The third kappa shape index (κ3) is 2.02. The van der Waals surface area contributed by atoms with E-state index in [1.807, 2.05) is 18.2 Å². The molecule has 3 heteroatoms. The van der Waals surface area contributed by atoms with E-state index in [-0.39, 0.29) is 5.69 Å². The minimum Gasteiger partial charge on any atom is -0.258 e. The monoisotopic (exact) mass is 198 g/mol. The number of rotatable bonds is 2. The van der Waals surface area contributed by atoms with Crippen LogP contribution in [0.15, 0.2) is 48.5 Å². The number of benzene rings is 2. The molecule has 0 saturated heterocycles. The standard InChI is InChI=1S/C12H8NO2/c14-13(15)12-8-4-7-11(9-12)10-5-2-1-3-6-10/h1-2,4-9H. The SMILES string of the molecule is O=[N+]([O-])c1cccc(-c2c[c]ccc2)c1. The Kier molecular flexibility index (Phi) is 2.46. The third-order valence-corrected chi connectivity index (χ3v) is 2.10. The first-order chi connectivity index (χ1) is 7.27. The second kappa shape index (κ2) is 3.92. The van der Waals surface area contributed by atoms with Crippen molar-refractivity contribution in [2.75, 3.05) is 0 Å². The summed E-state index contributed by atoms with van der Waals surface area (Å²) in [5.74, 6) is 0. The van der Waals surface area contributed by atoms with Crippen molar-refractivity contribution >= 4 is 5.69 Å². The fraction of sp³-hybridized carbons (Fsp3) is 0. The summed E-state index contributed by atoms with van der Waals surface area (Å²) in [5, 5.41) is 10.6. The fourth-order valence-corrected chi connectivity index (χ4v) is 1.37. The summed E-state index contributed by atoms with van der Waals surface area (Å²) in [6, 6.07) is 16.9. The van der Waals surface area contributed by atoms with Gasteiger partial charge in [-0.25, -0.2) is 0 Å². The van der Waals surface area contributed by atoms with Crippen molar-refractivity contribution < 1.29 is 4.92 Å². The highest BCUT2D eigenvalue weighted by atomic mass is 16.6. The molecule has 15 heavy (non-hydrogen) atoms. The van der Waals surface area contributed by atoms with Crippen LogP contribution in [0.4, 0.5) is 5.69 Å². The predicted octanol–water partition coefficient (Wildman–Crippen LogP) is 3.06. The van der Waals surface area contributed by atoms with Crippen molar-refractivity contribution in [2.24, 2.45) is 0 Å². The number of hydrogen-bond donors (Lipinski definition) is 0. The largest absolute Gasteiger partial charge is 0.270 e. The molecular formula is C12H8NO2. The molecular weight excluding hydrogens is 190 g/mol. The summed E-state index contributed by atoms with van der Waals surface area (Å²) in [4.78, 5) is 10.2. The van der Waals surface area contributed by atoms with Gasteiger partial charge >= 0.3 is 0 Å². The van der Waals surface area contributed by atoms with Crippen molar-refractivity contribution in [3.63, 3.8) is 0 Å². The van der Waals surface area contributed by atoms with E-state index in [4.69, 9.17) is 0 Å². The molecule has 2 aromatic carbocycles. The van der Waals surface area contributed by atoms with Crippen molar-refractivity contribution in [2.45, 2.75) is 0 Å². The molecule has 0 saturated carbocycles. The van der Waals surface area contributed by atoms with Gasteiger partial charge in [0.1, 0.15) is 0 Å². The summed E-state index contributed by atoms with van der Waals surface area (Å²) in [6.45, 7) is 0. The Bertz CT molecular complexity index is 480. The number of non-ortho nitro benzene ring substituents is 1. The molecule has 1 radical (unpaired) electrons. The molecule has 0 bridgehead atoms. The van der Waals surface area contributed by atoms with Crippen LogP contribution in [0.25, 0.3) is 11.1 Å². The van der Waals surface area contributed by atoms with E-state index in [1.54, 1.807) is 24.3 Å². The second-order valence-electron chi connectivity index (χ2n) is 3.10.